The molecule has 0 bridgehead atoms. The molecule has 0 radical (unpaired) electrons. The van der Waals surface area contributed by atoms with Crippen LogP contribution < -0.4 is 0 Å². The van der Waals surface area contributed by atoms with Gasteiger partial charge in [-0.25, -0.2) is 15.0 Å². The first-order chi connectivity index (χ1) is 8.00. The van der Waals surface area contributed by atoms with Crippen molar-refractivity contribution in [2.45, 2.75) is 26.8 Å². The van der Waals surface area contributed by atoms with Crippen LogP contribution >= 0.6 is 34.2 Å². The predicted octanol–water partition coefficient (Wildman–Crippen LogP) is 3.49. The second-order valence-electron chi connectivity index (χ2n) is 4.02. The SMILES string of the molecule is Cc1nc(-c2cncn2C(C)C)nc(Cl)c1I. The first-order valence-electron chi connectivity index (χ1n) is 5.22. The maximum Gasteiger partial charge on any atom is 0.179 e. The number of aryl methyl sites for hydroxylation is 1. The third-order valence-corrected chi connectivity index (χ3v) is 4.31. The van der Waals surface area contributed by atoms with Crippen LogP contribution in [-0.4, -0.2) is 19.5 Å². The Labute approximate surface area is 119 Å². The molecule has 17 heavy (non-hydrogen) atoms. The van der Waals surface area contributed by atoms with E-state index in [0.29, 0.717) is 17.0 Å². The van der Waals surface area contributed by atoms with Gasteiger partial charge < -0.3 is 4.57 Å². The van der Waals surface area contributed by atoms with E-state index in [2.05, 4.69) is 51.4 Å². The summed E-state index contributed by atoms with van der Waals surface area (Å²) < 4.78 is 2.92. The van der Waals surface area contributed by atoms with E-state index < -0.39 is 0 Å². The largest absolute Gasteiger partial charge is 0.325 e. The highest BCUT2D eigenvalue weighted by Gasteiger charge is 2.13. The van der Waals surface area contributed by atoms with Crippen molar-refractivity contribution in [2.75, 3.05) is 0 Å². The molecule has 0 N–H and O–H groups in total. The lowest BCUT2D eigenvalue weighted by molar-refractivity contribution is 0.603. The Kier molecular flexibility index (Phi) is 3.67. The van der Waals surface area contributed by atoms with E-state index in [1.807, 2.05) is 11.5 Å². The highest BCUT2D eigenvalue weighted by molar-refractivity contribution is 14.1. The molecule has 0 aliphatic carbocycles. The summed E-state index contributed by atoms with van der Waals surface area (Å²) in [6, 6.07) is 0.314. The molecule has 0 spiro atoms. The van der Waals surface area contributed by atoms with Crippen LogP contribution in [0.5, 0.6) is 0 Å². The van der Waals surface area contributed by atoms with Crippen molar-refractivity contribution in [2.24, 2.45) is 0 Å². The van der Waals surface area contributed by atoms with Crippen molar-refractivity contribution >= 4 is 34.2 Å². The molecule has 0 fully saturated rings. The molecule has 2 aromatic heterocycles. The Balaban J connectivity index is 2.57. The van der Waals surface area contributed by atoms with Crippen molar-refractivity contribution in [1.29, 1.82) is 0 Å². The molecule has 6 heteroatoms. The number of hydrogen-bond acceptors (Lipinski definition) is 3. The Morgan fingerprint density at radius 3 is 2.65 bits per heavy atom. The van der Waals surface area contributed by atoms with Crippen LogP contribution in [0.1, 0.15) is 25.6 Å². The number of nitrogens with zero attached hydrogens (tertiary/aromatic N) is 4. The molecular formula is C11H12ClIN4. The molecule has 0 amide bonds. The lowest BCUT2D eigenvalue weighted by Gasteiger charge is -2.11. The van der Waals surface area contributed by atoms with Gasteiger partial charge in [-0.1, -0.05) is 11.6 Å². The zero-order valence-electron chi connectivity index (χ0n) is 9.78. The molecule has 0 unspecified atom stereocenters. The number of rotatable bonds is 2. The summed E-state index contributed by atoms with van der Waals surface area (Å²) in [5.41, 5.74) is 1.78. The van der Waals surface area contributed by atoms with Gasteiger partial charge in [0.25, 0.3) is 0 Å². The van der Waals surface area contributed by atoms with Crippen LogP contribution in [0.4, 0.5) is 0 Å². The van der Waals surface area contributed by atoms with E-state index in [-0.39, 0.29) is 0 Å². The van der Waals surface area contributed by atoms with E-state index in [4.69, 9.17) is 11.6 Å². The monoisotopic (exact) mass is 362 g/mol. The van der Waals surface area contributed by atoms with E-state index >= 15 is 0 Å². The number of imidazole rings is 1. The van der Waals surface area contributed by atoms with Crippen molar-refractivity contribution in [3.63, 3.8) is 0 Å². The first-order valence-corrected chi connectivity index (χ1v) is 6.68. The third kappa shape index (κ3) is 2.44. The molecule has 0 saturated heterocycles. The summed E-state index contributed by atoms with van der Waals surface area (Å²) in [6.07, 6.45) is 3.54. The van der Waals surface area contributed by atoms with Gasteiger partial charge in [0.1, 0.15) is 10.8 Å². The van der Waals surface area contributed by atoms with Crippen molar-refractivity contribution in [3.8, 4) is 11.5 Å². The summed E-state index contributed by atoms with van der Waals surface area (Å²) in [4.78, 5) is 12.9. The summed E-state index contributed by atoms with van der Waals surface area (Å²) in [5.74, 6) is 0.624. The lowest BCUT2D eigenvalue weighted by atomic mass is 10.3. The van der Waals surface area contributed by atoms with Crippen molar-refractivity contribution in [1.82, 2.24) is 19.5 Å². The molecule has 2 rings (SSSR count). The summed E-state index contributed by atoms with van der Waals surface area (Å²) in [7, 11) is 0. The molecule has 0 aromatic carbocycles. The summed E-state index contributed by atoms with van der Waals surface area (Å²) in [5, 5.41) is 0.490. The highest BCUT2D eigenvalue weighted by Crippen LogP contribution is 2.24. The topological polar surface area (TPSA) is 43.6 Å². The highest BCUT2D eigenvalue weighted by atomic mass is 127. The molecule has 0 aliphatic rings. The second kappa shape index (κ2) is 4.89. The number of aromatic nitrogens is 4. The third-order valence-electron chi connectivity index (χ3n) is 2.43. The lowest BCUT2D eigenvalue weighted by Crippen LogP contribution is -2.04. The van der Waals surface area contributed by atoms with Crippen LogP contribution in [-0.2, 0) is 0 Å². The molecule has 0 aliphatic heterocycles. The number of hydrogen-bond donors (Lipinski definition) is 0. The minimum Gasteiger partial charge on any atom is -0.325 e. The van der Waals surface area contributed by atoms with Crippen LogP contribution in [0.3, 0.4) is 0 Å². The van der Waals surface area contributed by atoms with Gasteiger partial charge >= 0.3 is 0 Å². The van der Waals surface area contributed by atoms with Crippen molar-refractivity contribution in [3.05, 3.63) is 26.9 Å². The fourth-order valence-electron chi connectivity index (χ4n) is 1.53. The van der Waals surface area contributed by atoms with Crippen molar-refractivity contribution < 1.29 is 0 Å². The minimum absolute atomic E-state index is 0.314. The van der Waals surface area contributed by atoms with Gasteiger partial charge in [-0.2, -0.15) is 0 Å². The van der Waals surface area contributed by atoms with E-state index in [1.165, 1.54) is 0 Å². The summed E-state index contributed by atoms with van der Waals surface area (Å²) in [6.45, 7) is 6.10. The average molecular weight is 363 g/mol. The molecule has 0 saturated carbocycles. The molecule has 4 nitrogen and oxygen atoms in total. The van der Waals surface area contributed by atoms with E-state index in [0.717, 1.165) is 15.0 Å². The fraction of sp³-hybridized carbons (Fsp3) is 0.364. The molecular weight excluding hydrogens is 351 g/mol. The van der Waals surface area contributed by atoms with E-state index in [1.54, 1.807) is 12.5 Å². The standard InChI is InChI=1S/C11H12ClIN4/c1-6(2)17-5-14-4-8(17)11-15-7(3)9(13)10(12)16-11/h4-6H,1-3H3. The fourth-order valence-corrected chi connectivity index (χ4v) is 1.99. The van der Waals surface area contributed by atoms with Crippen LogP contribution in [0.25, 0.3) is 11.5 Å². The summed E-state index contributed by atoms with van der Waals surface area (Å²) >= 11 is 8.23. The average Bonchev–Trinajstić information content (AvgIpc) is 2.74. The molecule has 2 heterocycles. The Hall–Kier alpha value is -0.690. The Morgan fingerprint density at radius 1 is 1.35 bits per heavy atom. The first kappa shape index (κ1) is 12.8. The van der Waals surface area contributed by atoms with Crippen LogP contribution in [0.15, 0.2) is 12.5 Å². The molecule has 0 atom stereocenters. The maximum atomic E-state index is 6.08. The van der Waals surface area contributed by atoms with Gasteiger partial charge in [0, 0.05) is 6.04 Å². The van der Waals surface area contributed by atoms with Gasteiger partial charge in [-0.3, -0.25) is 0 Å². The van der Waals surface area contributed by atoms with Gasteiger partial charge in [0.2, 0.25) is 0 Å². The van der Waals surface area contributed by atoms with Gasteiger partial charge in [0.05, 0.1) is 21.8 Å². The van der Waals surface area contributed by atoms with Gasteiger partial charge in [0.15, 0.2) is 5.82 Å². The zero-order valence-corrected chi connectivity index (χ0v) is 12.7. The smallest absolute Gasteiger partial charge is 0.179 e. The zero-order chi connectivity index (χ0) is 12.6. The quantitative estimate of drug-likeness (QED) is 0.607. The van der Waals surface area contributed by atoms with Crippen LogP contribution in [0.2, 0.25) is 5.15 Å². The number of halogens is 2. The molecule has 2 aromatic rings. The normalized spacial score (nSPS) is 11.2. The minimum atomic E-state index is 0.314. The van der Waals surface area contributed by atoms with E-state index in [9.17, 15) is 0 Å². The second-order valence-corrected chi connectivity index (χ2v) is 5.45. The predicted molar refractivity (Wildman–Crippen MR) is 76.1 cm³/mol. The molecule has 90 valence electrons. The Morgan fingerprint density at radius 2 is 2.06 bits per heavy atom. The van der Waals surface area contributed by atoms with Crippen LogP contribution in [0, 0.1) is 10.5 Å². The maximum absolute atomic E-state index is 6.08. The van der Waals surface area contributed by atoms with Gasteiger partial charge in [-0.15, -0.1) is 0 Å². The van der Waals surface area contributed by atoms with Gasteiger partial charge in [-0.05, 0) is 43.4 Å². The Bertz CT molecular complexity index is 527.